The van der Waals surface area contributed by atoms with E-state index in [0.29, 0.717) is 6.04 Å². The van der Waals surface area contributed by atoms with Crippen LogP contribution >= 0.6 is 11.3 Å². The summed E-state index contributed by atoms with van der Waals surface area (Å²) in [4.78, 5) is 6.29. The first-order chi connectivity index (χ1) is 10.1. The number of thiazole rings is 1. The molecule has 1 saturated carbocycles. The zero-order chi connectivity index (χ0) is 15.3. The monoisotopic (exact) mass is 310 g/mol. The van der Waals surface area contributed by atoms with Crippen molar-refractivity contribution in [3.05, 3.63) is 15.6 Å². The molecule has 120 valence electrons. The molecule has 0 aromatic carbocycles. The van der Waals surface area contributed by atoms with Crippen LogP contribution in [-0.2, 0) is 10.3 Å². The molecule has 3 nitrogen and oxygen atoms in total. The van der Waals surface area contributed by atoms with Gasteiger partial charge in [-0.15, -0.1) is 11.3 Å². The van der Waals surface area contributed by atoms with Gasteiger partial charge in [0.1, 0.15) is 10.6 Å². The van der Waals surface area contributed by atoms with Gasteiger partial charge in [0, 0.05) is 17.5 Å². The Morgan fingerprint density at radius 3 is 2.62 bits per heavy atom. The number of nitrogens with zero attached hydrogens (tertiary/aromatic N) is 1. The van der Waals surface area contributed by atoms with Crippen LogP contribution in [0.15, 0.2) is 0 Å². The number of ether oxygens (including phenoxy) is 1. The first kappa shape index (κ1) is 16.9. The van der Waals surface area contributed by atoms with Crippen LogP contribution in [0.25, 0.3) is 0 Å². The highest BCUT2D eigenvalue weighted by Gasteiger charge is 2.38. The Bertz CT molecular complexity index is 432. The van der Waals surface area contributed by atoms with Crippen LogP contribution in [0, 0.1) is 6.92 Å². The van der Waals surface area contributed by atoms with Crippen LogP contribution < -0.4 is 5.32 Å². The summed E-state index contributed by atoms with van der Waals surface area (Å²) in [6.07, 6.45) is 7.28. The van der Waals surface area contributed by atoms with Gasteiger partial charge in [0.15, 0.2) is 0 Å². The first-order valence-corrected chi connectivity index (χ1v) is 9.29. The fourth-order valence-electron chi connectivity index (χ4n) is 3.28. The van der Waals surface area contributed by atoms with Crippen molar-refractivity contribution >= 4 is 11.3 Å². The van der Waals surface area contributed by atoms with E-state index in [1.165, 1.54) is 34.8 Å². The van der Waals surface area contributed by atoms with Gasteiger partial charge in [-0.1, -0.05) is 26.2 Å². The quantitative estimate of drug-likeness (QED) is 0.792. The minimum absolute atomic E-state index is 0.106. The highest BCUT2D eigenvalue weighted by atomic mass is 32.1. The van der Waals surface area contributed by atoms with Gasteiger partial charge in [-0.2, -0.15) is 0 Å². The third kappa shape index (κ3) is 3.85. The lowest BCUT2D eigenvalue weighted by molar-refractivity contribution is -0.0705. The van der Waals surface area contributed by atoms with E-state index in [1.54, 1.807) is 0 Å². The second kappa shape index (κ2) is 7.70. The maximum absolute atomic E-state index is 6.21. The molecule has 1 N–H and O–H groups in total. The van der Waals surface area contributed by atoms with E-state index in [1.807, 2.05) is 11.3 Å². The van der Waals surface area contributed by atoms with E-state index in [2.05, 4.69) is 33.0 Å². The van der Waals surface area contributed by atoms with Crippen molar-refractivity contribution in [2.45, 2.75) is 77.9 Å². The van der Waals surface area contributed by atoms with Crippen molar-refractivity contribution in [1.82, 2.24) is 10.3 Å². The van der Waals surface area contributed by atoms with Crippen LogP contribution in [-0.4, -0.2) is 18.1 Å². The zero-order valence-electron chi connectivity index (χ0n) is 14.0. The zero-order valence-corrected chi connectivity index (χ0v) is 14.8. The van der Waals surface area contributed by atoms with E-state index in [-0.39, 0.29) is 5.60 Å². The van der Waals surface area contributed by atoms with Crippen molar-refractivity contribution in [2.24, 2.45) is 0 Å². The second-order valence-electron chi connectivity index (χ2n) is 6.13. The lowest BCUT2D eigenvalue weighted by Crippen LogP contribution is -2.32. The molecular weight excluding hydrogens is 280 g/mol. The highest BCUT2D eigenvalue weighted by Crippen LogP contribution is 2.43. The number of hydrogen-bond acceptors (Lipinski definition) is 4. The number of aromatic nitrogens is 1. The van der Waals surface area contributed by atoms with Crippen LogP contribution in [0.4, 0.5) is 0 Å². The van der Waals surface area contributed by atoms with Crippen molar-refractivity contribution in [3.63, 3.8) is 0 Å². The van der Waals surface area contributed by atoms with Gasteiger partial charge in [-0.25, -0.2) is 4.98 Å². The molecule has 0 amide bonds. The molecule has 0 saturated heterocycles. The van der Waals surface area contributed by atoms with Crippen molar-refractivity contribution in [1.29, 1.82) is 0 Å². The van der Waals surface area contributed by atoms with Gasteiger partial charge in [0.2, 0.25) is 0 Å². The maximum atomic E-state index is 6.21. The van der Waals surface area contributed by atoms with Crippen LogP contribution in [0.2, 0.25) is 0 Å². The minimum Gasteiger partial charge on any atom is -0.368 e. The molecule has 4 heteroatoms. The summed E-state index contributed by atoms with van der Waals surface area (Å²) in [5, 5.41) is 4.79. The predicted molar refractivity (Wildman–Crippen MR) is 89.9 cm³/mol. The summed E-state index contributed by atoms with van der Waals surface area (Å²) in [7, 11) is 0. The molecule has 0 spiro atoms. The molecule has 1 aliphatic carbocycles. The Labute approximate surface area is 133 Å². The van der Waals surface area contributed by atoms with E-state index >= 15 is 0 Å². The van der Waals surface area contributed by atoms with Crippen molar-refractivity contribution in [2.75, 3.05) is 13.2 Å². The van der Waals surface area contributed by atoms with Crippen LogP contribution in [0.3, 0.4) is 0 Å². The Balaban J connectivity index is 2.22. The van der Waals surface area contributed by atoms with E-state index in [9.17, 15) is 0 Å². The number of nitrogens with one attached hydrogen (secondary N) is 1. The molecule has 1 aliphatic rings. The molecule has 21 heavy (non-hydrogen) atoms. The molecule has 1 aromatic heterocycles. The lowest BCUT2D eigenvalue weighted by Gasteiger charge is -2.35. The van der Waals surface area contributed by atoms with Gasteiger partial charge in [-0.3, -0.25) is 0 Å². The SMILES string of the molecule is CCCNC(C)c1sc(C2(OCC)CCCCC2)nc1C. The Morgan fingerprint density at radius 2 is 2.00 bits per heavy atom. The third-order valence-corrected chi connectivity index (χ3v) is 5.92. The summed E-state index contributed by atoms with van der Waals surface area (Å²) in [5.41, 5.74) is 1.07. The largest absolute Gasteiger partial charge is 0.368 e. The fourth-order valence-corrected chi connectivity index (χ4v) is 4.57. The van der Waals surface area contributed by atoms with Crippen molar-refractivity contribution in [3.8, 4) is 0 Å². The molecule has 1 aromatic rings. The molecule has 1 atom stereocenters. The Kier molecular flexibility index (Phi) is 6.20. The average Bonchev–Trinajstić information content (AvgIpc) is 2.89. The maximum Gasteiger partial charge on any atom is 0.125 e. The summed E-state index contributed by atoms with van der Waals surface area (Å²) in [6, 6.07) is 0.387. The summed E-state index contributed by atoms with van der Waals surface area (Å²) in [6.45, 7) is 10.5. The van der Waals surface area contributed by atoms with Gasteiger partial charge in [0.25, 0.3) is 0 Å². The molecule has 1 fully saturated rings. The smallest absolute Gasteiger partial charge is 0.125 e. The summed E-state index contributed by atoms with van der Waals surface area (Å²) in [5.74, 6) is 0. The fraction of sp³-hybridized carbons (Fsp3) is 0.824. The third-order valence-electron chi connectivity index (χ3n) is 4.40. The molecule has 1 heterocycles. The number of aryl methyl sites for hydroxylation is 1. The van der Waals surface area contributed by atoms with E-state index < -0.39 is 0 Å². The minimum atomic E-state index is -0.106. The topological polar surface area (TPSA) is 34.1 Å². The Hall–Kier alpha value is -0.450. The van der Waals surface area contributed by atoms with Gasteiger partial charge >= 0.3 is 0 Å². The standard InChI is InChI=1S/C17H30N2OS/c1-5-12-18-13(3)15-14(4)19-16(21-15)17(20-6-2)10-8-7-9-11-17/h13,18H,5-12H2,1-4H3. The molecule has 0 aliphatic heterocycles. The summed E-state index contributed by atoms with van der Waals surface area (Å²) >= 11 is 1.86. The normalized spacial score (nSPS) is 19.6. The molecular formula is C17H30N2OS. The van der Waals surface area contributed by atoms with Crippen LogP contribution in [0.5, 0.6) is 0 Å². The first-order valence-electron chi connectivity index (χ1n) is 8.48. The predicted octanol–water partition coefficient (Wildman–Crippen LogP) is 4.71. The van der Waals surface area contributed by atoms with Gasteiger partial charge < -0.3 is 10.1 Å². The highest BCUT2D eigenvalue weighted by molar-refractivity contribution is 7.12. The van der Waals surface area contributed by atoms with Crippen LogP contribution in [0.1, 0.15) is 80.9 Å². The average molecular weight is 311 g/mol. The van der Waals surface area contributed by atoms with Gasteiger partial charge in [0.05, 0.1) is 5.69 Å². The molecule has 0 bridgehead atoms. The molecule has 2 rings (SSSR count). The Morgan fingerprint density at radius 1 is 1.29 bits per heavy atom. The number of hydrogen-bond donors (Lipinski definition) is 1. The summed E-state index contributed by atoms with van der Waals surface area (Å²) < 4.78 is 6.21. The number of rotatable bonds is 7. The van der Waals surface area contributed by atoms with Gasteiger partial charge in [-0.05, 0) is 46.6 Å². The van der Waals surface area contributed by atoms with Crippen molar-refractivity contribution < 1.29 is 4.74 Å². The van der Waals surface area contributed by atoms with E-state index in [4.69, 9.17) is 9.72 Å². The molecule has 1 unspecified atom stereocenters. The molecule has 0 radical (unpaired) electrons. The lowest BCUT2D eigenvalue weighted by atomic mass is 9.85. The van der Waals surface area contributed by atoms with E-state index in [0.717, 1.165) is 32.4 Å². The second-order valence-corrected chi connectivity index (χ2v) is 7.16.